The van der Waals surface area contributed by atoms with E-state index in [9.17, 15) is 9.90 Å². The van der Waals surface area contributed by atoms with Gasteiger partial charge in [0.1, 0.15) is 17.5 Å². The summed E-state index contributed by atoms with van der Waals surface area (Å²) in [5.74, 6) is 0.562. The van der Waals surface area contributed by atoms with Gasteiger partial charge in [0.2, 0.25) is 0 Å². The van der Waals surface area contributed by atoms with Gasteiger partial charge in [-0.3, -0.25) is 9.69 Å². The summed E-state index contributed by atoms with van der Waals surface area (Å²) in [4.78, 5) is 14.0. The van der Waals surface area contributed by atoms with Crippen molar-refractivity contribution in [2.24, 2.45) is 0 Å². The Bertz CT molecular complexity index is 493. The third kappa shape index (κ3) is 3.86. The molecule has 116 valence electrons. The molecule has 0 amide bonds. The van der Waals surface area contributed by atoms with Crippen LogP contribution in [0.15, 0.2) is 18.2 Å². The number of aromatic hydroxyl groups is 1. The number of phenolic OH excluding ortho intramolecular Hbond substituents is 1. The highest BCUT2D eigenvalue weighted by Crippen LogP contribution is 2.25. The number of piperazine rings is 1. The van der Waals surface area contributed by atoms with Crippen molar-refractivity contribution in [2.75, 3.05) is 33.4 Å². The van der Waals surface area contributed by atoms with Crippen molar-refractivity contribution in [1.29, 1.82) is 0 Å². The highest BCUT2D eigenvalue weighted by Gasteiger charge is 2.30. The molecule has 1 fully saturated rings. The van der Waals surface area contributed by atoms with Crippen LogP contribution in [0.5, 0.6) is 11.5 Å². The third-order valence-corrected chi connectivity index (χ3v) is 3.58. The zero-order chi connectivity index (χ0) is 15.2. The summed E-state index contributed by atoms with van der Waals surface area (Å²) in [6.45, 7) is 4.78. The number of carbonyl (C=O) groups excluding carboxylic acids is 1. The molecule has 1 saturated heterocycles. The second-order valence-corrected chi connectivity index (χ2v) is 4.94. The molecular weight excluding hydrogens is 272 g/mol. The van der Waals surface area contributed by atoms with Gasteiger partial charge in [0.05, 0.1) is 13.7 Å². The van der Waals surface area contributed by atoms with Gasteiger partial charge in [0.15, 0.2) is 0 Å². The number of nitrogens with zero attached hydrogens (tertiary/aromatic N) is 1. The predicted octanol–water partition coefficient (Wildman–Crippen LogP) is 0.738. The Labute approximate surface area is 124 Å². The number of hydrogen-bond acceptors (Lipinski definition) is 6. The second kappa shape index (κ2) is 7.28. The molecule has 1 heterocycles. The van der Waals surface area contributed by atoms with Crippen LogP contribution in [0.3, 0.4) is 0 Å². The largest absolute Gasteiger partial charge is 0.507 e. The monoisotopic (exact) mass is 294 g/mol. The van der Waals surface area contributed by atoms with Crippen molar-refractivity contribution in [1.82, 2.24) is 10.2 Å². The van der Waals surface area contributed by atoms with E-state index in [0.29, 0.717) is 25.4 Å². The SMILES string of the molecule is CCOC(=O)C1CNCCN1Cc1ccc(OC)cc1O. The molecule has 1 aliphatic heterocycles. The summed E-state index contributed by atoms with van der Waals surface area (Å²) in [6, 6.07) is 4.88. The van der Waals surface area contributed by atoms with E-state index in [-0.39, 0.29) is 17.8 Å². The number of carbonyl (C=O) groups is 1. The van der Waals surface area contributed by atoms with Gasteiger partial charge in [0.25, 0.3) is 0 Å². The second-order valence-electron chi connectivity index (χ2n) is 4.94. The molecule has 1 aromatic rings. The first-order chi connectivity index (χ1) is 10.2. The minimum atomic E-state index is -0.319. The van der Waals surface area contributed by atoms with Crippen LogP contribution in [-0.2, 0) is 16.1 Å². The standard InChI is InChI=1S/C15H22N2O4/c1-3-21-15(19)13-9-16-6-7-17(13)10-11-4-5-12(20-2)8-14(11)18/h4-5,8,13,16,18H,3,6-7,9-10H2,1-2H3. The molecule has 0 aromatic heterocycles. The summed E-state index contributed by atoms with van der Waals surface area (Å²) < 4.78 is 10.2. The molecule has 21 heavy (non-hydrogen) atoms. The van der Waals surface area contributed by atoms with Crippen LogP contribution in [0.1, 0.15) is 12.5 Å². The van der Waals surface area contributed by atoms with Crippen LogP contribution < -0.4 is 10.1 Å². The van der Waals surface area contributed by atoms with E-state index < -0.39 is 0 Å². The Morgan fingerprint density at radius 2 is 2.33 bits per heavy atom. The third-order valence-electron chi connectivity index (χ3n) is 3.58. The van der Waals surface area contributed by atoms with Crippen molar-refractivity contribution in [2.45, 2.75) is 19.5 Å². The summed E-state index contributed by atoms with van der Waals surface area (Å²) in [7, 11) is 1.56. The quantitative estimate of drug-likeness (QED) is 0.781. The van der Waals surface area contributed by atoms with Gasteiger partial charge < -0.3 is 19.9 Å². The first-order valence-corrected chi connectivity index (χ1v) is 7.13. The molecule has 1 unspecified atom stereocenters. The van der Waals surface area contributed by atoms with E-state index in [1.165, 1.54) is 0 Å². The summed E-state index contributed by atoms with van der Waals surface area (Å²) >= 11 is 0. The molecule has 1 atom stereocenters. The van der Waals surface area contributed by atoms with Crippen molar-refractivity contribution >= 4 is 5.97 Å². The highest BCUT2D eigenvalue weighted by molar-refractivity contribution is 5.76. The molecule has 0 aliphatic carbocycles. The van der Waals surface area contributed by atoms with Gasteiger partial charge in [-0.2, -0.15) is 0 Å². The smallest absolute Gasteiger partial charge is 0.324 e. The molecule has 2 rings (SSSR count). The highest BCUT2D eigenvalue weighted by atomic mass is 16.5. The Morgan fingerprint density at radius 3 is 3.00 bits per heavy atom. The van der Waals surface area contributed by atoms with E-state index in [0.717, 1.165) is 18.7 Å². The fourth-order valence-corrected chi connectivity index (χ4v) is 2.43. The van der Waals surface area contributed by atoms with Gasteiger partial charge in [-0.25, -0.2) is 0 Å². The van der Waals surface area contributed by atoms with Crippen LogP contribution in [0.4, 0.5) is 0 Å². The van der Waals surface area contributed by atoms with Gasteiger partial charge in [-0.05, 0) is 13.0 Å². The minimum Gasteiger partial charge on any atom is -0.507 e. The fourth-order valence-electron chi connectivity index (χ4n) is 2.43. The Hall–Kier alpha value is -1.79. The summed E-state index contributed by atoms with van der Waals surface area (Å²) in [6.07, 6.45) is 0. The van der Waals surface area contributed by atoms with Crippen LogP contribution >= 0.6 is 0 Å². The molecule has 0 radical (unpaired) electrons. The molecule has 0 saturated carbocycles. The lowest BCUT2D eigenvalue weighted by Gasteiger charge is -2.34. The summed E-state index contributed by atoms with van der Waals surface area (Å²) in [5, 5.41) is 13.2. The topological polar surface area (TPSA) is 71.0 Å². The minimum absolute atomic E-state index is 0.176. The number of phenols is 1. The molecule has 6 heteroatoms. The van der Waals surface area contributed by atoms with Crippen LogP contribution in [-0.4, -0.2) is 55.4 Å². The number of nitrogens with one attached hydrogen (secondary N) is 1. The van der Waals surface area contributed by atoms with Gasteiger partial charge in [-0.1, -0.05) is 6.07 Å². The average molecular weight is 294 g/mol. The van der Waals surface area contributed by atoms with Gasteiger partial charge in [0, 0.05) is 37.8 Å². The Kier molecular flexibility index (Phi) is 5.41. The van der Waals surface area contributed by atoms with Crippen molar-refractivity contribution in [3.8, 4) is 11.5 Å². The number of esters is 1. The first-order valence-electron chi connectivity index (χ1n) is 7.13. The van der Waals surface area contributed by atoms with Gasteiger partial charge >= 0.3 is 5.97 Å². The number of benzene rings is 1. The lowest BCUT2D eigenvalue weighted by atomic mass is 10.1. The predicted molar refractivity (Wildman–Crippen MR) is 78.4 cm³/mol. The number of ether oxygens (including phenoxy) is 2. The number of methoxy groups -OCH3 is 1. The maximum Gasteiger partial charge on any atom is 0.324 e. The normalized spacial score (nSPS) is 19.2. The molecule has 2 N–H and O–H groups in total. The Morgan fingerprint density at radius 1 is 1.52 bits per heavy atom. The van der Waals surface area contributed by atoms with Crippen molar-refractivity contribution in [3.05, 3.63) is 23.8 Å². The zero-order valence-electron chi connectivity index (χ0n) is 12.5. The molecule has 1 aliphatic rings. The van der Waals surface area contributed by atoms with Crippen molar-refractivity contribution < 1.29 is 19.4 Å². The maximum atomic E-state index is 12.0. The average Bonchev–Trinajstić information content (AvgIpc) is 2.50. The molecule has 0 spiro atoms. The fraction of sp³-hybridized carbons (Fsp3) is 0.533. The Balaban J connectivity index is 2.10. The van der Waals surface area contributed by atoms with Crippen molar-refractivity contribution in [3.63, 3.8) is 0 Å². The van der Waals surface area contributed by atoms with E-state index >= 15 is 0 Å². The van der Waals surface area contributed by atoms with E-state index in [1.54, 1.807) is 26.2 Å². The summed E-state index contributed by atoms with van der Waals surface area (Å²) in [5.41, 5.74) is 0.770. The first kappa shape index (κ1) is 15.6. The molecule has 0 bridgehead atoms. The maximum absolute atomic E-state index is 12.0. The van der Waals surface area contributed by atoms with Gasteiger partial charge in [-0.15, -0.1) is 0 Å². The van der Waals surface area contributed by atoms with E-state index in [1.807, 2.05) is 11.0 Å². The number of rotatable bonds is 5. The molecular formula is C15H22N2O4. The number of hydrogen-bond donors (Lipinski definition) is 2. The lowest BCUT2D eigenvalue weighted by Crippen LogP contribution is -2.54. The van der Waals surface area contributed by atoms with E-state index in [4.69, 9.17) is 9.47 Å². The zero-order valence-corrected chi connectivity index (χ0v) is 12.5. The van der Waals surface area contributed by atoms with Crippen LogP contribution in [0, 0.1) is 0 Å². The van der Waals surface area contributed by atoms with Crippen LogP contribution in [0.25, 0.3) is 0 Å². The van der Waals surface area contributed by atoms with Crippen LogP contribution in [0.2, 0.25) is 0 Å². The molecule has 1 aromatic carbocycles. The van der Waals surface area contributed by atoms with E-state index in [2.05, 4.69) is 5.32 Å². The lowest BCUT2D eigenvalue weighted by molar-refractivity contribution is -0.150. The molecule has 6 nitrogen and oxygen atoms in total.